The van der Waals surface area contributed by atoms with Crippen LogP contribution >= 0.6 is 0 Å². The van der Waals surface area contributed by atoms with E-state index in [1.54, 1.807) is 26.4 Å². The van der Waals surface area contributed by atoms with Crippen LogP contribution in [0.2, 0.25) is 0 Å². The molecule has 1 aromatic heterocycles. The molecule has 0 aliphatic rings. The van der Waals surface area contributed by atoms with E-state index in [0.717, 1.165) is 22.1 Å². The Morgan fingerprint density at radius 2 is 1.66 bits per heavy atom. The lowest BCUT2D eigenvalue weighted by molar-refractivity contribution is -0.384. The number of benzene rings is 3. The summed E-state index contributed by atoms with van der Waals surface area (Å²) in [5.41, 5.74) is 3.98. The van der Waals surface area contributed by atoms with Gasteiger partial charge in [0.15, 0.2) is 0 Å². The molecule has 144 valence electrons. The van der Waals surface area contributed by atoms with Crippen molar-refractivity contribution in [2.45, 2.75) is 0 Å². The Labute approximate surface area is 167 Å². The Morgan fingerprint density at radius 3 is 2.34 bits per heavy atom. The summed E-state index contributed by atoms with van der Waals surface area (Å²) in [4.78, 5) is 15.7. The number of nitrogens with zero attached hydrogens (tertiary/aromatic N) is 2. The number of aromatic nitrogens is 1. The van der Waals surface area contributed by atoms with E-state index in [1.165, 1.54) is 6.07 Å². The van der Waals surface area contributed by atoms with E-state index in [9.17, 15) is 10.1 Å². The fraction of sp³-hybridized carbons (Fsp3) is 0.0870. The van der Waals surface area contributed by atoms with Crippen molar-refractivity contribution in [1.29, 1.82) is 0 Å². The van der Waals surface area contributed by atoms with Gasteiger partial charge in [0.2, 0.25) is 0 Å². The lowest BCUT2D eigenvalue weighted by Crippen LogP contribution is -1.95. The van der Waals surface area contributed by atoms with Gasteiger partial charge in [0, 0.05) is 23.1 Å². The molecule has 0 N–H and O–H groups in total. The molecule has 3 aromatic carbocycles. The van der Waals surface area contributed by atoms with Crippen LogP contribution in [-0.2, 0) is 0 Å². The number of nitro groups is 1. The number of non-ortho nitro benzene ring substituents is 1. The first-order chi connectivity index (χ1) is 14.1. The third-order valence-corrected chi connectivity index (χ3v) is 4.77. The molecule has 0 spiro atoms. The summed E-state index contributed by atoms with van der Waals surface area (Å²) >= 11 is 0. The van der Waals surface area contributed by atoms with Crippen LogP contribution in [0.25, 0.3) is 33.3 Å². The predicted molar refractivity (Wildman–Crippen MR) is 112 cm³/mol. The zero-order valence-corrected chi connectivity index (χ0v) is 16.0. The highest BCUT2D eigenvalue weighted by Gasteiger charge is 2.16. The molecule has 6 heteroatoms. The monoisotopic (exact) mass is 386 g/mol. The molecular formula is C23H18N2O4. The van der Waals surface area contributed by atoms with Crippen LogP contribution in [0.1, 0.15) is 0 Å². The van der Waals surface area contributed by atoms with Crippen LogP contribution in [0.4, 0.5) is 5.69 Å². The molecule has 0 aliphatic carbocycles. The third-order valence-electron chi connectivity index (χ3n) is 4.77. The molecule has 0 aliphatic heterocycles. The fourth-order valence-corrected chi connectivity index (χ4v) is 3.34. The Kier molecular flexibility index (Phi) is 4.83. The molecule has 29 heavy (non-hydrogen) atoms. The Bertz CT molecular complexity index is 1210. The number of hydrogen-bond donors (Lipinski definition) is 0. The van der Waals surface area contributed by atoms with Crippen LogP contribution in [0.5, 0.6) is 11.5 Å². The lowest BCUT2D eigenvalue weighted by atomic mass is 9.97. The highest BCUT2D eigenvalue weighted by atomic mass is 16.6. The van der Waals surface area contributed by atoms with Gasteiger partial charge in [-0.3, -0.25) is 10.1 Å². The minimum absolute atomic E-state index is 0.0307. The maximum atomic E-state index is 11.3. The van der Waals surface area contributed by atoms with Gasteiger partial charge in [-0.2, -0.15) is 0 Å². The second-order valence-corrected chi connectivity index (χ2v) is 6.45. The van der Waals surface area contributed by atoms with E-state index in [0.29, 0.717) is 22.7 Å². The first-order valence-electron chi connectivity index (χ1n) is 8.97. The molecule has 4 aromatic rings. The molecule has 0 atom stereocenters. The van der Waals surface area contributed by atoms with Gasteiger partial charge in [-0.25, -0.2) is 4.98 Å². The molecule has 4 rings (SSSR count). The van der Waals surface area contributed by atoms with Crippen LogP contribution in [0.15, 0.2) is 72.8 Å². The molecule has 0 bridgehead atoms. The van der Waals surface area contributed by atoms with Crippen molar-refractivity contribution in [2.24, 2.45) is 0 Å². The SMILES string of the molecule is COc1ccc(OC)c(-c2cc(-c3ccccc3)c3cc([N+](=O)[O-])ccc3n2)c1. The standard InChI is InChI=1S/C23H18N2O4/c1-28-17-9-11-23(29-2)20(13-17)22-14-18(15-6-4-3-5-7-15)19-12-16(25(26)27)8-10-21(19)24-22/h3-14H,1-2H3. The molecule has 0 saturated heterocycles. The number of methoxy groups -OCH3 is 2. The van der Waals surface area contributed by atoms with Crippen molar-refractivity contribution < 1.29 is 14.4 Å². The summed E-state index contributed by atoms with van der Waals surface area (Å²) in [6, 6.07) is 21.9. The van der Waals surface area contributed by atoms with Crippen LogP contribution in [0.3, 0.4) is 0 Å². The van der Waals surface area contributed by atoms with E-state index in [4.69, 9.17) is 14.5 Å². The highest BCUT2D eigenvalue weighted by molar-refractivity contribution is 5.98. The Hall–Kier alpha value is -3.93. The van der Waals surface area contributed by atoms with Gasteiger partial charge in [0.25, 0.3) is 5.69 Å². The molecule has 1 heterocycles. The fourth-order valence-electron chi connectivity index (χ4n) is 3.34. The van der Waals surface area contributed by atoms with Crippen LogP contribution < -0.4 is 9.47 Å². The average molecular weight is 386 g/mol. The number of fused-ring (bicyclic) bond motifs is 1. The van der Waals surface area contributed by atoms with Gasteiger partial charge < -0.3 is 9.47 Å². The number of ether oxygens (including phenoxy) is 2. The smallest absolute Gasteiger partial charge is 0.270 e. The summed E-state index contributed by atoms with van der Waals surface area (Å²) in [7, 11) is 3.21. The maximum absolute atomic E-state index is 11.3. The minimum atomic E-state index is -0.396. The molecular weight excluding hydrogens is 368 g/mol. The summed E-state index contributed by atoms with van der Waals surface area (Å²) in [6.45, 7) is 0. The van der Waals surface area contributed by atoms with Crippen molar-refractivity contribution in [3.05, 3.63) is 82.9 Å². The van der Waals surface area contributed by atoms with E-state index in [-0.39, 0.29) is 5.69 Å². The predicted octanol–water partition coefficient (Wildman–Crippen LogP) is 5.49. The van der Waals surface area contributed by atoms with E-state index in [1.807, 2.05) is 54.6 Å². The van der Waals surface area contributed by atoms with Gasteiger partial charge in [-0.15, -0.1) is 0 Å². The molecule has 0 radical (unpaired) electrons. The molecule has 0 saturated carbocycles. The van der Waals surface area contributed by atoms with Crippen LogP contribution in [0, 0.1) is 10.1 Å². The summed E-state index contributed by atoms with van der Waals surface area (Å²) in [5, 5.41) is 12.0. The molecule has 0 unspecified atom stereocenters. The average Bonchev–Trinajstić information content (AvgIpc) is 2.78. The zero-order chi connectivity index (χ0) is 20.4. The quantitative estimate of drug-likeness (QED) is 0.335. The molecule has 0 amide bonds. The second-order valence-electron chi connectivity index (χ2n) is 6.45. The van der Waals surface area contributed by atoms with Crippen molar-refractivity contribution in [3.8, 4) is 33.9 Å². The Balaban J connectivity index is 2.03. The van der Waals surface area contributed by atoms with Gasteiger partial charge in [-0.1, -0.05) is 30.3 Å². The molecule has 6 nitrogen and oxygen atoms in total. The number of rotatable bonds is 5. The van der Waals surface area contributed by atoms with Crippen molar-refractivity contribution in [1.82, 2.24) is 4.98 Å². The van der Waals surface area contributed by atoms with Crippen molar-refractivity contribution in [3.63, 3.8) is 0 Å². The minimum Gasteiger partial charge on any atom is -0.497 e. The van der Waals surface area contributed by atoms with Crippen molar-refractivity contribution in [2.75, 3.05) is 14.2 Å². The van der Waals surface area contributed by atoms with E-state index >= 15 is 0 Å². The van der Waals surface area contributed by atoms with Gasteiger partial charge >= 0.3 is 0 Å². The first kappa shape index (κ1) is 18.4. The van der Waals surface area contributed by atoms with E-state index in [2.05, 4.69) is 0 Å². The van der Waals surface area contributed by atoms with Gasteiger partial charge in [0.05, 0.1) is 30.4 Å². The number of pyridine rings is 1. The highest BCUT2D eigenvalue weighted by Crippen LogP contribution is 2.38. The van der Waals surface area contributed by atoms with Crippen LogP contribution in [-0.4, -0.2) is 24.1 Å². The topological polar surface area (TPSA) is 74.5 Å². The summed E-state index contributed by atoms with van der Waals surface area (Å²) in [6.07, 6.45) is 0. The maximum Gasteiger partial charge on any atom is 0.270 e. The largest absolute Gasteiger partial charge is 0.497 e. The summed E-state index contributed by atoms with van der Waals surface area (Å²) in [5.74, 6) is 1.35. The van der Waals surface area contributed by atoms with E-state index < -0.39 is 4.92 Å². The molecule has 0 fully saturated rings. The normalized spacial score (nSPS) is 10.7. The second kappa shape index (κ2) is 7.59. The van der Waals surface area contributed by atoms with Gasteiger partial charge in [-0.05, 0) is 41.5 Å². The van der Waals surface area contributed by atoms with Crippen molar-refractivity contribution >= 4 is 16.6 Å². The first-order valence-corrected chi connectivity index (χ1v) is 8.97. The third kappa shape index (κ3) is 3.48. The zero-order valence-electron chi connectivity index (χ0n) is 16.0. The number of hydrogen-bond acceptors (Lipinski definition) is 5. The van der Waals surface area contributed by atoms with Gasteiger partial charge in [0.1, 0.15) is 11.5 Å². The lowest BCUT2D eigenvalue weighted by Gasteiger charge is -2.13. The number of nitro benzene ring substituents is 1. The Morgan fingerprint density at radius 1 is 0.862 bits per heavy atom. The summed E-state index contributed by atoms with van der Waals surface area (Å²) < 4.78 is 10.9.